The molecular weight excluding hydrogens is 461 g/mol. The standard InChI is InChI=1S/C13H13GeO.C12H10Ge/c1-15-14(12-8-4-2-5-9-12)13-10-6-3-7-11-13;1-3-7-11(8-4-1)13-12-9-5-2-6-10-12/h2-11H,1H3;1-10H. The molecule has 0 saturated carbocycles. The number of benzene rings is 4. The predicted octanol–water partition coefficient (Wildman–Crippen LogP) is 2.78. The van der Waals surface area contributed by atoms with Gasteiger partial charge in [-0.3, -0.25) is 0 Å². The Balaban J connectivity index is 0.000000162. The van der Waals surface area contributed by atoms with Crippen molar-refractivity contribution in [1.82, 2.24) is 0 Å². The van der Waals surface area contributed by atoms with Gasteiger partial charge in [-0.25, -0.2) is 0 Å². The molecule has 4 rings (SSSR count). The van der Waals surface area contributed by atoms with E-state index in [9.17, 15) is 0 Å². The van der Waals surface area contributed by atoms with E-state index >= 15 is 0 Å². The van der Waals surface area contributed by atoms with Crippen LogP contribution in [0.25, 0.3) is 0 Å². The van der Waals surface area contributed by atoms with Gasteiger partial charge >= 0.3 is 180 Å². The van der Waals surface area contributed by atoms with Gasteiger partial charge in [0.15, 0.2) is 0 Å². The summed E-state index contributed by atoms with van der Waals surface area (Å²) in [7, 11) is 1.81. The second-order valence-corrected chi connectivity index (χ2v) is 13.7. The van der Waals surface area contributed by atoms with Crippen molar-refractivity contribution in [2.45, 2.75) is 0 Å². The Kier molecular flexibility index (Phi) is 8.63. The summed E-state index contributed by atoms with van der Waals surface area (Å²) in [6.45, 7) is 0. The van der Waals surface area contributed by atoms with E-state index in [-0.39, 0.29) is 15.4 Å². The molecule has 3 radical (unpaired) electrons. The van der Waals surface area contributed by atoms with Gasteiger partial charge < -0.3 is 0 Å². The topological polar surface area (TPSA) is 9.23 Å². The molecular formula is C25H23Ge2O. The molecule has 0 aliphatic rings. The molecule has 0 aliphatic carbocycles. The van der Waals surface area contributed by atoms with E-state index in [0.29, 0.717) is 0 Å². The fourth-order valence-corrected chi connectivity index (χ4v) is 8.76. The number of hydrogen-bond donors (Lipinski definition) is 0. The fraction of sp³-hybridized carbons (Fsp3) is 0.0400. The average molecular weight is 485 g/mol. The summed E-state index contributed by atoms with van der Waals surface area (Å²) < 4.78 is 11.4. The van der Waals surface area contributed by atoms with Crippen molar-refractivity contribution in [3.05, 3.63) is 121 Å². The van der Waals surface area contributed by atoms with Gasteiger partial charge in [0.25, 0.3) is 0 Å². The first-order chi connectivity index (χ1) is 13.9. The van der Waals surface area contributed by atoms with Gasteiger partial charge in [-0.1, -0.05) is 0 Å². The molecule has 0 heterocycles. The zero-order valence-corrected chi connectivity index (χ0v) is 20.2. The van der Waals surface area contributed by atoms with Crippen molar-refractivity contribution in [1.29, 1.82) is 0 Å². The van der Waals surface area contributed by atoms with Crippen molar-refractivity contribution >= 4 is 47.7 Å². The first-order valence-electron chi connectivity index (χ1n) is 9.26. The molecule has 4 aromatic carbocycles. The van der Waals surface area contributed by atoms with Gasteiger partial charge in [-0.05, 0) is 0 Å². The van der Waals surface area contributed by atoms with Crippen LogP contribution in [0.4, 0.5) is 0 Å². The zero-order valence-electron chi connectivity index (χ0n) is 16.0. The second-order valence-electron chi connectivity index (χ2n) is 6.12. The summed E-state index contributed by atoms with van der Waals surface area (Å²) in [6, 6.07) is 42.5. The Labute approximate surface area is 179 Å². The van der Waals surface area contributed by atoms with E-state index < -0.39 is 14.7 Å². The molecule has 0 aromatic heterocycles. The Morgan fingerprint density at radius 1 is 0.500 bits per heavy atom. The third kappa shape index (κ3) is 6.52. The second kappa shape index (κ2) is 11.7. The van der Waals surface area contributed by atoms with Gasteiger partial charge in [0.05, 0.1) is 0 Å². The molecule has 0 atom stereocenters. The Morgan fingerprint density at radius 3 is 1.14 bits per heavy atom. The van der Waals surface area contributed by atoms with Gasteiger partial charge in [0, 0.05) is 0 Å². The average Bonchev–Trinajstić information content (AvgIpc) is 2.78. The van der Waals surface area contributed by atoms with E-state index in [2.05, 4.69) is 109 Å². The SMILES string of the molecule is C[O][Ge]([c]1ccccc1)[c]1ccccc1.c1cc[c]([Ge][c]2ccccc2)cc1. The molecule has 0 unspecified atom stereocenters. The van der Waals surface area contributed by atoms with E-state index in [1.54, 1.807) is 0 Å². The first kappa shape index (κ1) is 20.7. The molecule has 0 aliphatic heterocycles. The molecule has 3 heteroatoms. The quantitative estimate of drug-likeness (QED) is 0.396. The third-order valence-electron chi connectivity index (χ3n) is 4.11. The van der Waals surface area contributed by atoms with Crippen LogP contribution in [-0.4, -0.2) is 37.2 Å². The summed E-state index contributed by atoms with van der Waals surface area (Å²) in [4.78, 5) is 0. The van der Waals surface area contributed by atoms with E-state index in [1.807, 2.05) is 19.2 Å². The summed E-state index contributed by atoms with van der Waals surface area (Å²) in [5.41, 5.74) is 0. The molecule has 0 fully saturated rings. The van der Waals surface area contributed by atoms with Crippen LogP contribution in [0.2, 0.25) is 0 Å². The molecule has 0 bridgehead atoms. The van der Waals surface area contributed by atoms with E-state index in [0.717, 1.165) is 0 Å². The fourth-order valence-electron chi connectivity index (χ4n) is 2.79. The molecule has 28 heavy (non-hydrogen) atoms. The van der Waals surface area contributed by atoms with Crippen LogP contribution in [0.5, 0.6) is 0 Å². The van der Waals surface area contributed by atoms with Crippen LogP contribution in [0.15, 0.2) is 121 Å². The Bertz CT molecular complexity index is 837. The van der Waals surface area contributed by atoms with Crippen LogP contribution in [-0.2, 0) is 3.76 Å². The number of rotatable bonds is 5. The van der Waals surface area contributed by atoms with Gasteiger partial charge in [-0.15, -0.1) is 0 Å². The summed E-state index contributed by atoms with van der Waals surface area (Å²) >= 11 is -1.83. The van der Waals surface area contributed by atoms with Crippen molar-refractivity contribution in [3.8, 4) is 0 Å². The van der Waals surface area contributed by atoms with E-state index in [1.165, 1.54) is 17.6 Å². The maximum atomic E-state index is 5.69. The normalized spacial score (nSPS) is 10.2. The zero-order chi connectivity index (χ0) is 19.4. The third-order valence-corrected chi connectivity index (χ3v) is 11.2. The maximum absolute atomic E-state index is 5.69. The summed E-state index contributed by atoms with van der Waals surface area (Å²) in [6.07, 6.45) is 0. The molecule has 1 nitrogen and oxygen atoms in total. The first-order valence-corrected chi connectivity index (χ1v) is 14.3. The van der Waals surface area contributed by atoms with Crippen LogP contribution in [0, 0.1) is 0 Å². The monoisotopic (exact) mass is 487 g/mol. The van der Waals surface area contributed by atoms with Gasteiger partial charge in [0.2, 0.25) is 0 Å². The van der Waals surface area contributed by atoms with Crippen LogP contribution >= 0.6 is 0 Å². The van der Waals surface area contributed by atoms with Crippen molar-refractivity contribution in [3.63, 3.8) is 0 Å². The summed E-state index contributed by atoms with van der Waals surface area (Å²) in [5.74, 6) is 0. The van der Waals surface area contributed by atoms with Crippen molar-refractivity contribution in [2.24, 2.45) is 0 Å². The molecule has 137 valence electrons. The van der Waals surface area contributed by atoms with E-state index in [4.69, 9.17) is 3.76 Å². The van der Waals surface area contributed by atoms with Crippen LogP contribution in [0.3, 0.4) is 0 Å². The Hall–Kier alpha value is -2.07. The number of hydrogen-bond acceptors (Lipinski definition) is 1. The Morgan fingerprint density at radius 2 is 0.821 bits per heavy atom. The minimum absolute atomic E-state index is 0.108. The van der Waals surface area contributed by atoms with Gasteiger partial charge in [0.1, 0.15) is 0 Å². The minimum atomic E-state index is -1.72. The van der Waals surface area contributed by atoms with Crippen molar-refractivity contribution in [2.75, 3.05) is 7.11 Å². The molecule has 4 aromatic rings. The molecule has 0 saturated heterocycles. The molecule has 0 spiro atoms. The molecule has 0 N–H and O–H groups in total. The molecule has 0 amide bonds. The van der Waals surface area contributed by atoms with Gasteiger partial charge in [-0.2, -0.15) is 0 Å². The van der Waals surface area contributed by atoms with Crippen LogP contribution in [0.1, 0.15) is 0 Å². The summed E-state index contributed by atoms with van der Waals surface area (Å²) in [5, 5.41) is 0. The predicted molar refractivity (Wildman–Crippen MR) is 123 cm³/mol. The van der Waals surface area contributed by atoms with Crippen molar-refractivity contribution < 1.29 is 3.76 Å². The van der Waals surface area contributed by atoms with Crippen LogP contribution < -0.4 is 17.6 Å².